The van der Waals surface area contributed by atoms with Gasteiger partial charge in [0.25, 0.3) is 0 Å². The lowest BCUT2D eigenvalue weighted by molar-refractivity contribution is -0.0187. The van der Waals surface area contributed by atoms with Gasteiger partial charge in [-0.1, -0.05) is 43.2 Å². The third-order valence-corrected chi connectivity index (χ3v) is 4.34. The van der Waals surface area contributed by atoms with Crippen molar-refractivity contribution in [2.45, 2.75) is 43.7 Å². The van der Waals surface area contributed by atoms with Crippen LogP contribution in [-0.4, -0.2) is 35.2 Å². The van der Waals surface area contributed by atoms with Crippen molar-refractivity contribution in [3.8, 4) is 0 Å². The van der Waals surface area contributed by atoms with Crippen molar-refractivity contribution in [2.75, 3.05) is 13.1 Å². The van der Waals surface area contributed by atoms with Crippen molar-refractivity contribution in [2.24, 2.45) is 0 Å². The molecule has 1 saturated carbocycles. The Morgan fingerprint density at radius 3 is 2.41 bits per heavy atom. The lowest BCUT2D eigenvalue weighted by Gasteiger charge is -2.47. The van der Waals surface area contributed by atoms with E-state index in [9.17, 15) is 5.11 Å². The molecule has 92 valence electrons. The summed E-state index contributed by atoms with van der Waals surface area (Å²) in [4.78, 5) is 2.47. The topological polar surface area (TPSA) is 23.5 Å². The van der Waals surface area contributed by atoms with Crippen LogP contribution in [0.2, 0.25) is 0 Å². The highest BCUT2D eigenvalue weighted by molar-refractivity contribution is 5.23. The zero-order valence-electron chi connectivity index (χ0n) is 10.3. The van der Waals surface area contributed by atoms with Crippen LogP contribution in [0, 0.1) is 0 Å². The van der Waals surface area contributed by atoms with E-state index < -0.39 is 0 Å². The molecule has 3 rings (SSSR count). The van der Waals surface area contributed by atoms with Crippen molar-refractivity contribution in [1.29, 1.82) is 0 Å². The third kappa shape index (κ3) is 2.24. The highest BCUT2D eigenvalue weighted by Gasteiger charge is 2.37. The summed E-state index contributed by atoms with van der Waals surface area (Å²) in [5, 5.41) is 10.0. The van der Waals surface area contributed by atoms with E-state index in [1.54, 1.807) is 0 Å². The van der Waals surface area contributed by atoms with Gasteiger partial charge in [-0.3, -0.25) is 4.90 Å². The van der Waals surface area contributed by atoms with Crippen LogP contribution in [0.5, 0.6) is 0 Å². The second-order valence-corrected chi connectivity index (χ2v) is 5.48. The molecule has 0 amide bonds. The molecule has 1 aliphatic heterocycles. The zero-order chi connectivity index (χ0) is 11.7. The smallest absolute Gasteiger partial charge is 0.0695 e. The minimum absolute atomic E-state index is 0.0829. The number of benzene rings is 1. The highest BCUT2D eigenvalue weighted by Crippen LogP contribution is 2.33. The van der Waals surface area contributed by atoms with E-state index in [1.165, 1.54) is 24.8 Å². The van der Waals surface area contributed by atoms with Crippen molar-refractivity contribution in [1.82, 2.24) is 4.90 Å². The Labute approximate surface area is 103 Å². The van der Waals surface area contributed by atoms with E-state index in [2.05, 4.69) is 35.2 Å². The van der Waals surface area contributed by atoms with Crippen LogP contribution in [-0.2, 0) is 0 Å². The first-order valence-corrected chi connectivity index (χ1v) is 6.81. The summed E-state index contributed by atoms with van der Waals surface area (Å²) in [7, 11) is 0. The van der Waals surface area contributed by atoms with Crippen molar-refractivity contribution < 1.29 is 5.11 Å². The minimum atomic E-state index is -0.0829. The third-order valence-electron chi connectivity index (χ3n) is 4.34. The second kappa shape index (κ2) is 4.79. The summed E-state index contributed by atoms with van der Waals surface area (Å²) in [6, 6.07) is 11.2. The van der Waals surface area contributed by atoms with E-state index in [4.69, 9.17) is 0 Å². The summed E-state index contributed by atoms with van der Waals surface area (Å²) < 4.78 is 0. The summed E-state index contributed by atoms with van der Waals surface area (Å²) in [5.41, 5.74) is 1.45. The molecule has 0 radical (unpaired) electrons. The lowest BCUT2D eigenvalue weighted by Crippen LogP contribution is -2.55. The van der Waals surface area contributed by atoms with Crippen LogP contribution in [0.3, 0.4) is 0 Å². The van der Waals surface area contributed by atoms with Gasteiger partial charge in [-0.15, -0.1) is 0 Å². The molecule has 1 aliphatic carbocycles. The molecule has 1 N–H and O–H groups in total. The molecular formula is C15H21NO. The molecule has 1 aromatic rings. The molecule has 2 fully saturated rings. The van der Waals surface area contributed by atoms with Crippen LogP contribution in [0.1, 0.15) is 37.2 Å². The average molecular weight is 231 g/mol. The van der Waals surface area contributed by atoms with Gasteiger partial charge in [0.2, 0.25) is 0 Å². The largest absolute Gasteiger partial charge is 0.391 e. The fraction of sp³-hybridized carbons (Fsp3) is 0.600. The molecule has 17 heavy (non-hydrogen) atoms. The molecule has 0 bridgehead atoms. The van der Waals surface area contributed by atoms with Gasteiger partial charge in [0.05, 0.1) is 6.10 Å². The van der Waals surface area contributed by atoms with Gasteiger partial charge in [0, 0.05) is 25.0 Å². The molecule has 0 aromatic heterocycles. The zero-order valence-corrected chi connectivity index (χ0v) is 10.3. The first kappa shape index (κ1) is 11.2. The fourth-order valence-electron chi connectivity index (χ4n) is 3.24. The number of hydrogen-bond donors (Lipinski definition) is 1. The Bertz CT molecular complexity index is 358. The molecule has 1 saturated heterocycles. The summed E-state index contributed by atoms with van der Waals surface area (Å²) in [6.07, 6.45) is 4.59. The van der Waals surface area contributed by atoms with E-state index >= 15 is 0 Å². The molecule has 1 aromatic carbocycles. The number of rotatable bonds is 2. The predicted octanol–water partition coefficient (Wildman–Crippen LogP) is 2.39. The summed E-state index contributed by atoms with van der Waals surface area (Å²) >= 11 is 0. The highest BCUT2D eigenvalue weighted by atomic mass is 16.3. The Morgan fingerprint density at radius 2 is 1.71 bits per heavy atom. The maximum absolute atomic E-state index is 10.0. The standard InChI is InChI=1S/C15H21NO/c17-15-9-5-4-8-14(15)16-10-13(11-16)12-6-2-1-3-7-12/h1-3,6-7,13-15,17H,4-5,8-11H2/t14?,15-/m0/s1. The summed E-state index contributed by atoms with van der Waals surface area (Å²) in [6.45, 7) is 2.26. The normalized spacial score (nSPS) is 31.1. The van der Waals surface area contributed by atoms with Gasteiger partial charge in [0.15, 0.2) is 0 Å². The maximum atomic E-state index is 10.0. The van der Waals surface area contributed by atoms with Gasteiger partial charge in [-0.05, 0) is 18.4 Å². The van der Waals surface area contributed by atoms with Crippen molar-refractivity contribution >= 4 is 0 Å². The van der Waals surface area contributed by atoms with Crippen LogP contribution in [0.4, 0.5) is 0 Å². The van der Waals surface area contributed by atoms with Crippen LogP contribution in [0.25, 0.3) is 0 Å². The SMILES string of the molecule is O[C@H]1CCCCC1N1CC(c2ccccc2)C1. The lowest BCUT2D eigenvalue weighted by atomic mass is 9.84. The Balaban J connectivity index is 1.57. The molecule has 2 heteroatoms. The van der Waals surface area contributed by atoms with Gasteiger partial charge >= 0.3 is 0 Å². The molecule has 2 aliphatic rings. The Hall–Kier alpha value is -0.860. The molecule has 2 nitrogen and oxygen atoms in total. The molecule has 0 spiro atoms. The van der Waals surface area contributed by atoms with E-state index in [0.717, 1.165) is 19.5 Å². The second-order valence-electron chi connectivity index (χ2n) is 5.48. The molecule has 1 heterocycles. The minimum Gasteiger partial charge on any atom is -0.391 e. The van der Waals surface area contributed by atoms with Crippen LogP contribution < -0.4 is 0 Å². The monoisotopic (exact) mass is 231 g/mol. The predicted molar refractivity (Wildman–Crippen MR) is 69.0 cm³/mol. The quantitative estimate of drug-likeness (QED) is 0.845. The van der Waals surface area contributed by atoms with Gasteiger partial charge in [-0.2, -0.15) is 0 Å². The number of hydrogen-bond acceptors (Lipinski definition) is 2. The first-order chi connectivity index (χ1) is 8.34. The average Bonchev–Trinajstić information content (AvgIpc) is 2.31. The van der Waals surface area contributed by atoms with E-state index in [0.29, 0.717) is 12.0 Å². The van der Waals surface area contributed by atoms with E-state index in [-0.39, 0.29) is 6.10 Å². The molecule has 1 unspecified atom stereocenters. The number of aliphatic hydroxyl groups is 1. The van der Waals surface area contributed by atoms with Crippen molar-refractivity contribution in [3.05, 3.63) is 35.9 Å². The van der Waals surface area contributed by atoms with Crippen LogP contribution in [0.15, 0.2) is 30.3 Å². The van der Waals surface area contributed by atoms with Gasteiger partial charge in [-0.25, -0.2) is 0 Å². The maximum Gasteiger partial charge on any atom is 0.0695 e. The fourth-order valence-corrected chi connectivity index (χ4v) is 3.24. The number of aliphatic hydroxyl groups excluding tert-OH is 1. The van der Waals surface area contributed by atoms with E-state index in [1.807, 2.05) is 0 Å². The van der Waals surface area contributed by atoms with Crippen LogP contribution >= 0.6 is 0 Å². The number of likely N-dealkylation sites (tertiary alicyclic amines) is 1. The first-order valence-electron chi connectivity index (χ1n) is 6.81. The summed E-state index contributed by atoms with van der Waals surface area (Å²) in [5.74, 6) is 0.685. The Kier molecular flexibility index (Phi) is 3.17. The molecular weight excluding hydrogens is 210 g/mol. The van der Waals surface area contributed by atoms with Gasteiger partial charge < -0.3 is 5.11 Å². The van der Waals surface area contributed by atoms with Gasteiger partial charge in [0.1, 0.15) is 0 Å². The number of nitrogens with zero attached hydrogens (tertiary/aromatic N) is 1. The molecule has 2 atom stereocenters. The van der Waals surface area contributed by atoms with Crippen molar-refractivity contribution in [3.63, 3.8) is 0 Å². The Morgan fingerprint density at radius 1 is 1.00 bits per heavy atom.